The van der Waals surface area contributed by atoms with Gasteiger partial charge in [0.25, 0.3) is 0 Å². The molecule has 6 bridgehead atoms. The minimum Gasteiger partial charge on any atom is -0.507 e. The van der Waals surface area contributed by atoms with Crippen LogP contribution in [-0.2, 0) is 38.5 Å². The second-order valence-corrected chi connectivity index (χ2v) is 8.34. The number of para-hydroxylation sites is 3. The second-order valence-electron chi connectivity index (χ2n) is 8.34. The number of aromatic hydroxyl groups is 3. The van der Waals surface area contributed by atoms with Gasteiger partial charge in [-0.2, -0.15) is 0 Å². The van der Waals surface area contributed by atoms with Crippen LogP contribution < -0.4 is 0 Å². The molecule has 0 atom stereocenters. The first-order valence-electron chi connectivity index (χ1n) is 11.0. The molecule has 156 valence electrons. The molecule has 0 saturated heterocycles. The average Bonchev–Trinajstić information content (AvgIpc) is 2.74. The maximum Gasteiger partial charge on any atom is 0.121 e. The monoisotopic (exact) mass is 402 g/mol. The molecule has 0 amide bonds. The summed E-state index contributed by atoms with van der Waals surface area (Å²) in [5.41, 5.74) is 5.80. The first-order chi connectivity index (χ1) is 14.6. The van der Waals surface area contributed by atoms with Crippen molar-refractivity contribution in [2.24, 2.45) is 0 Å². The molecule has 0 aromatic heterocycles. The Bertz CT molecular complexity index is 824. The zero-order valence-corrected chi connectivity index (χ0v) is 17.4. The van der Waals surface area contributed by atoms with Crippen LogP contribution in [0, 0.1) is 0 Å². The lowest BCUT2D eigenvalue weighted by atomic mass is 9.94. The highest BCUT2D eigenvalue weighted by Crippen LogP contribution is 2.31. The van der Waals surface area contributed by atoms with Crippen molar-refractivity contribution < 1.29 is 15.3 Å². The van der Waals surface area contributed by atoms with E-state index in [1.807, 2.05) is 54.6 Å². The lowest BCUT2D eigenvalue weighted by Crippen LogP contribution is -1.99. The van der Waals surface area contributed by atoms with Gasteiger partial charge in [0.05, 0.1) is 0 Å². The summed E-state index contributed by atoms with van der Waals surface area (Å²) in [5, 5.41) is 32.2. The van der Waals surface area contributed by atoms with Gasteiger partial charge < -0.3 is 15.3 Å². The number of hydrogen-bond acceptors (Lipinski definition) is 3. The highest BCUT2D eigenvalue weighted by Gasteiger charge is 2.12. The summed E-state index contributed by atoms with van der Waals surface area (Å²) in [6.07, 6.45) is 7.35. The Balaban J connectivity index is 1.64. The van der Waals surface area contributed by atoms with E-state index in [1.54, 1.807) is 0 Å². The highest BCUT2D eigenvalue weighted by atomic mass is 16.3. The van der Waals surface area contributed by atoms with Crippen LogP contribution >= 0.6 is 0 Å². The van der Waals surface area contributed by atoms with Crippen LogP contribution in [-0.4, -0.2) is 15.3 Å². The maximum absolute atomic E-state index is 10.7. The third-order valence-electron chi connectivity index (χ3n) is 6.29. The molecule has 0 spiro atoms. The molecule has 3 heteroatoms. The van der Waals surface area contributed by atoms with Crippen LogP contribution in [0.3, 0.4) is 0 Å². The summed E-state index contributed by atoms with van der Waals surface area (Å²) in [6, 6.07) is 18.0. The number of hydrogen-bond donors (Lipinski definition) is 3. The van der Waals surface area contributed by atoms with Crippen LogP contribution in [0.1, 0.15) is 52.6 Å². The van der Waals surface area contributed by atoms with E-state index in [0.29, 0.717) is 17.2 Å². The number of phenols is 3. The second kappa shape index (κ2) is 9.25. The predicted octanol–water partition coefficient (Wildman–Crippen LogP) is 5.64. The van der Waals surface area contributed by atoms with Gasteiger partial charge >= 0.3 is 0 Å². The van der Waals surface area contributed by atoms with Crippen molar-refractivity contribution >= 4 is 0 Å². The molecule has 0 fully saturated rings. The van der Waals surface area contributed by atoms with Gasteiger partial charge in [0.2, 0.25) is 0 Å². The fourth-order valence-electron chi connectivity index (χ4n) is 4.55. The topological polar surface area (TPSA) is 60.7 Å². The minimum atomic E-state index is 0.398. The standard InChI is InChI=1S/C27H30O3/c28-25-19-7-1-8-20(25)14-5-16-22-10-3-12-24(27(22)30)18-6-17-23-11-2-9-21(26(23)29)15-4-13-19/h1-3,7-12,28-30H,4-6,13-18H2. The molecule has 1 aliphatic carbocycles. The van der Waals surface area contributed by atoms with Crippen molar-refractivity contribution in [2.75, 3.05) is 0 Å². The molecule has 3 aromatic carbocycles. The molecule has 0 heterocycles. The molecule has 3 N–H and O–H groups in total. The Hall–Kier alpha value is -2.94. The van der Waals surface area contributed by atoms with Gasteiger partial charge in [-0.25, -0.2) is 0 Å². The van der Waals surface area contributed by atoms with Gasteiger partial charge in [-0.15, -0.1) is 0 Å². The predicted molar refractivity (Wildman–Crippen MR) is 120 cm³/mol. The molecule has 3 nitrogen and oxygen atoms in total. The average molecular weight is 403 g/mol. The van der Waals surface area contributed by atoms with E-state index in [9.17, 15) is 15.3 Å². The van der Waals surface area contributed by atoms with E-state index in [0.717, 1.165) is 91.2 Å². The van der Waals surface area contributed by atoms with Gasteiger partial charge in [-0.1, -0.05) is 54.6 Å². The summed E-state index contributed by atoms with van der Waals surface area (Å²) < 4.78 is 0. The largest absolute Gasteiger partial charge is 0.507 e. The van der Waals surface area contributed by atoms with Gasteiger partial charge in [0.1, 0.15) is 17.2 Å². The fraction of sp³-hybridized carbons (Fsp3) is 0.333. The summed E-state index contributed by atoms with van der Waals surface area (Å²) >= 11 is 0. The molecule has 1 aliphatic rings. The summed E-state index contributed by atoms with van der Waals surface area (Å²) in [5.74, 6) is 1.19. The normalized spacial score (nSPS) is 15.2. The van der Waals surface area contributed by atoms with E-state index < -0.39 is 0 Å². The van der Waals surface area contributed by atoms with Crippen molar-refractivity contribution in [3.63, 3.8) is 0 Å². The third-order valence-corrected chi connectivity index (χ3v) is 6.29. The first kappa shape index (κ1) is 20.3. The molecule has 30 heavy (non-hydrogen) atoms. The van der Waals surface area contributed by atoms with Crippen molar-refractivity contribution in [1.82, 2.24) is 0 Å². The van der Waals surface area contributed by atoms with E-state index in [2.05, 4.69) is 0 Å². The molecule has 0 radical (unpaired) electrons. The van der Waals surface area contributed by atoms with Gasteiger partial charge in [-0.3, -0.25) is 0 Å². The highest BCUT2D eigenvalue weighted by molar-refractivity contribution is 5.44. The Morgan fingerprint density at radius 3 is 0.767 bits per heavy atom. The van der Waals surface area contributed by atoms with Crippen LogP contribution in [0.5, 0.6) is 17.2 Å². The number of rotatable bonds is 0. The van der Waals surface area contributed by atoms with Crippen molar-refractivity contribution in [2.45, 2.75) is 57.8 Å². The quantitative estimate of drug-likeness (QED) is 0.456. The Labute approximate surface area is 178 Å². The lowest BCUT2D eigenvalue weighted by Gasteiger charge is -2.14. The number of benzene rings is 3. The van der Waals surface area contributed by atoms with Gasteiger partial charge in [0, 0.05) is 0 Å². The number of phenolic OH excluding ortho intramolecular Hbond substituents is 3. The van der Waals surface area contributed by atoms with E-state index in [-0.39, 0.29) is 0 Å². The number of aryl methyl sites for hydroxylation is 6. The maximum atomic E-state index is 10.7. The lowest BCUT2D eigenvalue weighted by molar-refractivity contribution is 0.452. The van der Waals surface area contributed by atoms with Crippen LogP contribution in [0.15, 0.2) is 54.6 Å². The summed E-state index contributed by atoms with van der Waals surface area (Å²) in [6.45, 7) is 0. The van der Waals surface area contributed by atoms with Crippen molar-refractivity contribution in [3.05, 3.63) is 88.0 Å². The Morgan fingerprint density at radius 1 is 0.367 bits per heavy atom. The molecule has 0 saturated carbocycles. The molecule has 0 unspecified atom stereocenters. The van der Waals surface area contributed by atoms with E-state index in [1.165, 1.54) is 0 Å². The van der Waals surface area contributed by atoms with Crippen LogP contribution in [0.25, 0.3) is 0 Å². The summed E-state index contributed by atoms with van der Waals surface area (Å²) in [7, 11) is 0. The smallest absolute Gasteiger partial charge is 0.121 e. The van der Waals surface area contributed by atoms with Crippen molar-refractivity contribution in [1.29, 1.82) is 0 Å². The zero-order chi connectivity index (χ0) is 20.9. The van der Waals surface area contributed by atoms with Crippen molar-refractivity contribution in [3.8, 4) is 17.2 Å². The van der Waals surface area contributed by atoms with Crippen LogP contribution in [0.4, 0.5) is 0 Å². The first-order valence-corrected chi connectivity index (χ1v) is 11.0. The Morgan fingerprint density at radius 2 is 0.567 bits per heavy atom. The Kier molecular flexibility index (Phi) is 6.27. The van der Waals surface area contributed by atoms with E-state index in [4.69, 9.17) is 0 Å². The molecular formula is C27H30O3. The fourth-order valence-corrected chi connectivity index (χ4v) is 4.55. The zero-order valence-electron chi connectivity index (χ0n) is 17.4. The van der Waals surface area contributed by atoms with Gasteiger partial charge in [-0.05, 0) is 91.2 Å². The molecule has 0 aliphatic heterocycles. The molecular weight excluding hydrogens is 372 g/mol. The third kappa shape index (κ3) is 4.46. The minimum absolute atomic E-state index is 0.398. The SMILES string of the molecule is Oc1c2cccc1CCCc1cccc(c1O)CCCc1cccc(c1O)CCC2. The summed E-state index contributed by atoms with van der Waals surface area (Å²) in [4.78, 5) is 0. The molecule has 3 aromatic rings. The van der Waals surface area contributed by atoms with Crippen LogP contribution in [0.2, 0.25) is 0 Å². The number of fused-ring (bicyclic) bond motifs is 6. The van der Waals surface area contributed by atoms with E-state index >= 15 is 0 Å². The van der Waals surface area contributed by atoms with Gasteiger partial charge in [0.15, 0.2) is 0 Å². The molecule has 4 rings (SSSR count).